The fourth-order valence-electron chi connectivity index (χ4n) is 1.19. The van der Waals surface area contributed by atoms with Gasteiger partial charge in [0, 0.05) is 0 Å². The third-order valence-corrected chi connectivity index (χ3v) is 2.13. The Bertz CT molecular complexity index is 308. The van der Waals surface area contributed by atoms with E-state index in [0.717, 1.165) is 12.8 Å². The zero-order valence-electron chi connectivity index (χ0n) is 9.81. The van der Waals surface area contributed by atoms with Crippen molar-refractivity contribution < 1.29 is 14.3 Å². The topological polar surface area (TPSA) is 35.5 Å². The molecule has 0 amide bonds. The highest BCUT2D eigenvalue weighted by Crippen LogP contribution is 2.11. The van der Waals surface area contributed by atoms with Gasteiger partial charge < -0.3 is 9.47 Å². The maximum atomic E-state index is 11.5. The van der Waals surface area contributed by atoms with Crippen LogP contribution in [-0.2, 0) is 9.53 Å². The molecule has 1 atom stereocenters. The van der Waals surface area contributed by atoms with Crippen molar-refractivity contribution in [1.29, 1.82) is 0 Å². The molecule has 0 aromatic heterocycles. The second kappa shape index (κ2) is 6.88. The normalized spacial score (nSPS) is 11.9. The quantitative estimate of drug-likeness (QED) is 0.548. The molecule has 0 heterocycles. The van der Waals surface area contributed by atoms with Crippen LogP contribution in [0.25, 0.3) is 0 Å². The van der Waals surface area contributed by atoms with E-state index in [9.17, 15) is 4.79 Å². The third-order valence-electron chi connectivity index (χ3n) is 2.13. The maximum Gasteiger partial charge on any atom is 0.347 e. The largest absolute Gasteiger partial charge is 0.479 e. The van der Waals surface area contributed by atoms with Crippen LogP contribution in [-0.4, -0.2) is 18.7 Å². The Morgan fingerprint density at radius 3 is 2.62 bits per heavy atom. The number of hydrogen-bond acceptors (Lipinski definition) is 3. The minimum Gasteiger partial charge on any atom is -0.479 e. The molecule has 16 heavy (non-hydrogen) atoms. The number of ether oxygens (including phenoxy) is 2. The summed E-state index contributed by atoms with van der Waals surface area (Å²) in [5.74, 6) is 0.375. The second-order valence-electron chi connectivity index (χ2n) is 3.59. The van der Waals surface area contributed by atoms with Crippen molar-refractivity contribution in [3.8, 4) is 5.75 Å². The Labute approximate surface area is 96.4 Å². The molecule has 0 spiro atoms. The van der Waals surface area contributed by atoms with Crippen LogP contribution in [0.5, 0.6) is 5.75 Å². The number of benzene rings is 1. The van der Waals surface area contributed by atoms with Crippen LogP contribution in [0.1, 0.15) is 26.7 Å². The summed E-state index contributed by atoms with van der Waals surface area (Å²) in [6, 6.07) is 9.26. The smallest absolute Gasteiger partial charge is 0.347 e. The zero-order chi connectivity index (χ0) is 11.8. The molecular formula is C13H18O3. The van der Waals surface area contributed by atoms with Gasteiger partial charge in [-0.25, -0.2) is 4.79 Å². The second-order valence-corrected chi connectivity index (χ2v) is 3.59. The first-order chi connectivity index (χ1) is 7.74. The molecule has 0 bridgehead atoms. The van der Waals surface area contributed by atoms with Crippen molar-refractivity contribution >= 4 is 5.97 Å². The highest BCUT2D eigenvalue weighted by atomic mass is 16.6. The monoisotopic (exact) mass is 222 g/mol. The molecular weight excluding hydrogens is 204 g/mol. The van der Waals surface area contributed by atoms with Crippen LogP contribution in [0, 0.1) is 0 Å². The van der Waals surface area contributed by atoms with E-state index >= 15 is 0 Å². The summed E-state index contributed by atoms with van der Waals surface area (Å²) >= 11 is 0. The lowest BCUT2D eigenvalue weighted by molar-refractivity contribution is -0.151. The lowest BCUT2D eigenvalue weighted by Crippen LogP contribution is -2.26. The van der Waals surface area contributed by atoms with E-state index < -0.39 is 6.10 Å². The van der Waals surface area contributed by atoms with E-state index in [-0.39, 0.29) is 5.97 Å². The standard InChI is InChI=1S/C13H18O3/c1-3-4-10-15-13(14)11(2)16-12-8-6-5-7-9-12/h5-9,11H,3-4,10H2,1-2H3/t11-/m1/s1. The molecule has 0 radical (unpaired) electrons. The molecule has 0 aliphatic carbocycles. The molecule has 1 rings (SSSR count). The summed E-state index contributed by atoms with van der Waals surface area (Å²) in [4.78, 5) is 11.5. The van der Waals surface area contributed by atoms with Gasteiger partial charge in [0.2, 0.25) is 0 Å². The predicted molar refractivity (Wildman–Crippen MR) is 62.4 cm³/mol. The van der Waals surface area contributed by atoms with Gasteiger partial charge in [0.15, 0.2) is 6.10 Å². The minimum absolute atomic E-state index is 0.308. The number of hydrogen-bond donors (Lipinski definition) is 0. The molecule has 0 fully saturated rings. The number of unbranched alkanes of at least 4 members (excludes halogenated alkanes) is 1. The van der Waals surface area contributed by atoms with Crippen LogP contribution in [0.4, 0.5) is 0 Å². The van der Waals surface area contributed by atoms with Crippen molar-refractivity contribution in [3.63, 3.8) is 0 Å². The molecule has 0 aliphatic heterocycles. The number of carbonyl (C=O) groups excluding carboxylic acids is 1. The van der Waals surface area contributed by atoms with E-state index in [1.54, 1.807) is 6.92 Å². The van der Waals surface area contributed by atoms with E-state index in [0.29, 0.717) is 12.4 Å². The van der Waals surface area contributed by atoms with E-state index in [2.05, 4.69) is 6.92 Å². The Morgan fingerprint density at radius 2 is 2.00 bits per heavy atom. The third kappa shape index (κ3) is 4.34. The van der Waals surface area contributed by atoms with Gasteiger partial charge in [0.05, 0.1) is 6.61 Å². The van der Waals surface area contributed by atoms with E-state index in [1.165, 1.54) is 0 Å². The number of esters is 1. The Kier molecular flexibility index (Phi) is 5.40. The molecule has 0 aliphatic rings. The average molecular weight is 222 g/mol. The lowest BCUT2D eigenvalue weighted by Gasteiger charge is -2.13. The van der Waals surface area contributed by atoms with E-state index in [4.69, 9.17) is 9.47 Å². The Morgan fingerprint density at radius 1 is 1.31 bits per heavy atom. The fraction of sp³-hybridized carbons (Fsp3) is 0.462. The number of para-hydroxylation sites is 1. The summed E-state index contributed by atoms with van der Waals surface area (Å²) in [5, 5.41) is 0. The van der Waals surface area contributed by atoms with Crippen LogP contribution >= 0.6 is 0 Å². The summed E-state index contributed by atoms with van der Waals surface area (Å²) in [7, 11) is 0. The fourth-order valence-corrected chi connectivity index (χ4v) is 1.19. The molecule has 3 heteroatoms. The van der Waals surface area contributed by atoms with Gasteiger partial charge in [0.25, 0.3) is 0 Å². The molecule has 0 N–H and O–H groups in total. The van der Waals surface area contributed by atoms with Crippen molar-refractivity contribution in [1.82, 2.24) is 0 Å². The van der Waals surface area contributed by atoms with Crippen LogP contribution in [0.2, 0.25) is 0 Å². The first-order valence-corrected chi connectivity index (χ1v) is 5.62. The van der Waals surface area contributed by atoms with Crippen LogP contribution in [0.3, 0.4) is 0 Å². The zero-order valence-corrected chi connectivity index (χ0v) is 9.81. The van der Waals surface area contributed by atoms with Crippen LogP contribution < -0.4 is 4.74 Å². The predicted octanol–water partition coefficient (Wildman–Crippen LogP) is 2.80. The molecule has 0 saturated carbocycles. The van der Waals surface area contributed by atoms with Gasteiger partial charge in [-0.05, 0) is 25.5 Å². The number of carbonyl (C=O) groups is 1. The molecule has 1 aromatic rings. The molecule has 3 nitrogen and oxygen atoms in total. The minimum atomic E-state index is -0.556. The van der Waals surface area contributed by atoms with Crippen molar-refractivity contribution in [3.05, 3.63) is 30.3 Å². The molecule has 88 valence electrons. The van der Waals surface area contributed by atoms with Crippen molar-refractivity contribution in [2.75, 3.05) is 6.61 Å². The molecule has 1 aromatic carbocycles. The van der Waals surface area contributed by atoms with E-state index in [1.807, 2.05) is 30.3 Å². The van der Waals surface area contributed by atoms with Gasteiger partial charge in [-0.1, -0.05) is 31.5 Å². The Hall–Kier alpha value is -1.51. The van der Waals surface area contributed by atoms with Crippen LogP contribution in [0.15, 0.2) is 30.3 Å². The molecule has 0 unspecified atom stereocenters. The van der Waals surface area contributed by atoms with Gasteiger partial charge in [-0.15, -0.1) is 0 Å². The summed E-state index contributed by atoms with van der Waals surface area (Å²) in [5.41, 5.74) is 0. The SMILES string of the molecule is CCCCOC(=O)[C@@H](C)Oc1ccccc1. The average Bonchev–Trinajstić information content (AvgIpc) is 2.30. The molecule has 0 saturated heterocycles. The number of rotatable bonds is 6. The summed E-state index contributed by atoms with van der Waals surface area (Å²) in [6.45, 7) is 4.22. The van der Waals surface area contributed by atoms with Crippen molar-refractivity contribution in [2.45, 2.75) is 32.8 Å². The maximum absolute atomic E-state index is 11.5. The summed E-state index contributed by atoms with van der Waals surface area (Å²) < 4.78 is 10.5. The highest BCUT2D eigenvalue weighted by molar-refractivity contribution is 5.74. The first-order valence-electron chi connectivity index (χ1n) is 5.62. The van der Waals surface area contributed by atoms with Gasteiger partial charge in [-0.3, -0.25) is 0 Å². The lowest BCUT2D eigenvalue weighted by atomic mass is 10.3. The van der Waals surface area contributed by atoms with Gasteiger partial charge in [-0.2, -0.15) is 0 Å². The summed E-state index contributed by atoms with van der Waals surface area (Å²) in [6.07, 6.45) is 1.35. The van der Waals surface area contributed by atoms with Gasteiger partial charge >= 0.3 is 5.97 Å². The van der Waals surface area contributed by atoms with Gasteiger partial charge in [0.1, 0.15) is 5.75 Å². The Balaban J connectivity index is 2.34. The first kappa shape index (κ1) is 12.6. The highest BCUT2D eigenvalue weighted by Gasteiger charge is 2.15. The van der Waals surface area contributed by atoms with Crippen molar-refractivity contribution in [2.24, 2.45) is 0 Å².